The molecule has 4 aromatic rings. The Balaban J connectivity index is 1.72. The standard InChI is InChI=1S/C19H17N3O4S2/c1-24-10-4-5-12-16(6-10)28-19(21-12)27-9-17-20-13-8-15(26-3)14(25-2)7-11(13)18(23)22-17/h4-9,27H,1-3H3,(H,20,22,23). The molecule has 2 aromatic heterocycles. The molecule has 9 heteroatoms. The maximum atomic E-state index is 12.4. The summed E-state index contributed by atoms with van der Waals surface area (Å²) in [7, 11) is 4.71. The molecular weight excluding hydrogens is 398 g/mol. The highest BCUT2D eigenvalue weighted by molar-refractivity contribution is 7.99. The second kappa shape index (κ2) is 7.61. The first-order valence-electron chi connectivity index (χ1n) is 8.26. The summed E-state index contributed by atoms with van der Waals surface area (Å²) in [6, 6.07) is 9.10. The van der Waals surface area contributed by atoms with E-state index in [4.69, 9.17) is 14.2 Å². The molecule has 0 atom stereocenters. The zero-order valence-electron chi connectivity index (χ0n) is 15.3. The topological polar surface area (TPSA) is 86.3 Å². The van der Waals surface area contributed by atoms with Gasteiger partial charge in [-0.2, -0.15) is 0 Å². The van der Waals surface area contributed by atoms with Gasteiger partial charge in [0.25, 0.3) is 5.56 Å². The lowest BCUT2D eigenvalue weighted by Gasteiger charge is -2.08. The minimum atomic E-state index is -0.235. The van der Waals surface area contributed by atoms with E-state index < -0.39 is 0 Å². The largest absolute Gasteiger partial charge is 0.497 e. The number of nitrogens with zero attached hydrogens (tertiary/aromatic N) is 2. The van der Waals surface area contributed by atoms with Crippen LogP contribution < -0.4 is 19.8 Å². The van der Waals surface area contributed by atoms with Gasteiger partial charge in [0.1, 0.15) is 15.9 Å². The fraction of sp³-hybridized carbons (Fsp3) is 0.158. The summed E-state index contributed by atoms with van der Waals surface area (Å²) < 4.78 is 17.7. The number of hydrogen-bond donors (Lipinski definition) is 2. The molecule has 7 nitrogen and oxygen atoms in total. The molecule has 1 N–H and O–H groups in total. The van der Waals surface area contributed by atoms with Crippen molar-refractivity contribution >= 4 is 49.2 Å². The Morgan fingerprint density at radius 1 is 1.00 bits per heavy atom. The predicted molar refractivity (Wildman–Crippen MR) is 114 cm³/mol. The summed E-state index contributed by atoms with van der Waals surface area (Å²) in [5.41, 5.74) is 1.22. The van der Waals surface area contributed by atoms with Crippen molar-refractivity contribution < 1.29 is 14.2 Å². The van der Waals surface area contributed by atoms with Gasteiger partial charge in [-0.05, 0) is 24.3 Å². The van der Waals surface area contributed by atoms with Crippen LogP contribution in [0.3, 0.4) is 0 Å². The SMILES string of the molecule is COc1ccc2nc([SH]=Cc3nc4cc(OC)c(OC)cc4c(=O)[nH]3)sc2c1. The van der Waals surface area contributed by atoms with Crippen molar-refractivity contribution in [2.75, 3.05) is 21.3 Å². The summed E-state index contributed by atoms with van der Waals surface area (Å²) in [6.07, 6.45) is 0. The molecule has 0 amide bonds. The number of H-pyrrole nitrogens is 1. The van der Waals surface area contributed by atoms with Crippen LogP contribution in [0.2, 0.25) is 0 Å². The number of thiazole rings is 1. The van der Waals surface area contributed by atoms with E-state index in [1.807, 2.05) is 23.6 Å². The Hall–Kier alpha value is -2.91. The van der Waals surface area contributed by atoms with Gasteiger partial charge in [-0.15, -0.1) is 22.7 Å². The molecular formula is C19H17N3O4S2. The molecule has 2 aromatic carbocycles. The van der Waals surface area contributed by atoms with Crippen molar-refractivity contribution in [1.82, 2.24) is 15.0 Å². The summed E-state index contributed by atoms with van der Waals surface area (Å²) in [5.74, 6) is 2.29. The smallest absolute Gasteiger partial charge is 0.259 e. The number of nitrogens with one attached hydrogen (secondary N) is 1. The van der Waals surface area contributed by atoms with E-state index in [0.29, 0.717) is 28.2 Å². The van der Waals surface area contributed by atoms with E-state index in [0.717, 1.165) is 31.7 Å². The zero-order valence-corrected chi connectivity index (χ0v) is 17.1. The van der Waals surface area contributed by atoms with Crippen LogP contribution in [0, 0.1) is 0 Å². The Kier molecular flexibility index (Phi) is 5.01. The molecule has 28 heavy (non-hydrogen) atoms. The van der Waals surface area contributed by atoms with Crippen LogP contribution in [-0.4, -0.2) is 41.6 Å². The van der Waals surface area contributed by atoms with Gasteiger partial charge < -0.3 is 19.2 Å². The van der Waals surface area contributed by atoms with Crippen LogP contribution >= 0.6 is 22.7 Å². The van der Waals surface area contributed by atoms with Crippen molar-refractivity contribution in [2.45, 2.75) is 4.34 Å². The first-order chi connectivity index (χ1) is 13.6. The number of benzene rings is 2. The van der Waals surface area contributed by atoms with Crippen LogP contribution in [-0.2, 0) is 0 Å². The Bertz CT molecular complexity index is 1260. The molecule has 2 heterocycles. The second-order valence-corrected chi connectivity index (χ2v) is 8.04. The van der Waals surface area contributed by atoms with Crippen LogP contribution in [0.1, 0.15) is 5.82 Å². The van der Waals surface area contributed by atoms with Crippen molar-refractivity contribution in [1.29, 1.82) is 0 Å². The number of rotatable bonds is 5. The van der Waals surface area contributed by atoms with Gasteiger partial charge in [0.15, 0.2) is 11.5 Å². The number of ether oxygens (including phenoxy) is 3. The third-order valence-corrected chi connectivity index (χ3v) is 6.22. The molecule has 0 fully saturated rings. The van der Waals surface area contributed by atoms with Gasteiger partial charge in [-0.3, -0.25) is 4.79 Å². The first kappa shape index (κ1) is 18.5. The van der Waals surface area contributed by atoms with Gasteiger partial charge in [-0.25, -0.2) is 9.97 Å². The van der Waals surface area contributed by atoms with Gasteiger partial charge in [-0.1, -0.05) is 0 Å². The summed E-state index contributed by atoms with van der Waals surface area (Å²) in [5, 5.41) is 2.27. The van der Waals surface area contributed by atoms with Crippen molar-refractivity contribution in [3.05, 3.63) is 46.5 Å². The molecule has 144 valence electrons. The highest BCUT2D eigenvalue weighted by atomic mass is 32.2. The van der Waals surface area contributed by atoms with Crippen LogP contribution in [0.15, 0.2) is 39.5 Å². The highest BCUT2D eigenvalue weighted by Crippen LogP contribution is 2.31. The lowest BCUT2D eigenvalue weighted by molar-refractivity contribution is 0.355. The number of hydrogen-bond acceptors (Lipinski definition) is 7. The molecule has 0 bridgehead atoms. The second-order valence-electron chi connectivity index (χ2n) is 5.76. The molecule has 0 aliphatic carbocycles. The average molecular weight is 415 g/mol. The molecule has 4 rings (SSSR count). The normalized spacial score (nSPS) is 11.7. The minimum absolute atomic E-state index is 0.235. The summed E-state index contributed by atoms with van der Waals surface area (Å²) in [6.45, 7) is 0. The monoisotopic (exact) mass is 415 g/mol. The predicted octanol–water partition coefficient (Wildman–Crippen LogP) is 3.23. The Labute approximate surface area is 167 Å². The van der Waals surface area contributed by atoms with E-state index >= 15 is 0 Å². The van der Waals surface area contributed by atoms with Crippen LogP contribution in [0.5, 0.6) is 17.2 Å². The quantitative estimate of drug-likeness (QED) is 0.384. The third kappa shape index (κ3) is 3.46. The van der Waals surface area contributed by atoms with E-state index in [1.54, 1.807) is 37.7 Å². The van der Waals surface area contributed by atoms with Crippen LogP contribution in [0.25, 0.3) is 21.1 Å². The molecule has 0 aliphatic rings. The zero-order chi connectivity index (χ0) is 19.7. The maximum absolute atomic E-state index is 12.4. The lowest BCUT2D eigenvalue weighted by Crippen LogP contribution is -2.11. The molecule has 0 saturated carbocycles. The molecule has 0 unspecified atom stereocenters. The van der Waals surface area contributed by atoms with Gasteiger partial charge >= 0.3 is 0 Å². The molecule has 0 spiro atoms. The van der Waals surface area contributed by atoms with E-state index in [-0.39, 0.29) is 5.56 Å². The van der Waals surface area contributed by atoms with Gasteiger partial charge in [0.05, 0.1) is 42.4 Å². The molecule has 0 radical (unpaired) electrons. The van der Waals surface area contributed by atoms with Crippen molar-refractivity contribution in [2.24, 2.45) is 0 Å². The first-order valence-corrected chi connectivity index (χ1v) is 10.0. The maximum Gasteiger partial charge on any atom is 0.259 e. The Morgan fingerprint density at radius 2 is 1.79 bits per heavy atom. The number of fused-ring (bicyclic) bond motifs is 2. The third-order valence-electron chi connectivity index (χ3n) is 4.11. The molecule has 0 saturated heterocycles. The lowest BCUT2D eigenvalue weighted by atomic mass is 10.2. The molecule has 0 aliphatic heterocycles. The van der Waals surface area contributed by atoms with Gasteiger partial charge in [0, 0.05) is 11.4 Å². The number of aromatic amines is 1. The fourth-order valence-corrected chi connectivity index (χ4v) is 4.65. The fourth-order valence-electron chi connectivity index (χ4n) is 2.74. The van der Waals surface area contributed by atoms with Gasteiger partial charge in [0.2, 0.25) is 0 Å². The van der Waals surface area contributed by atoms with E-state index in [2.05, 4.69) is 15.0 Å². The van der Waals surface area contributed by atoms with Crippen molar-refractivity contribution in [3.63, 3.8) is 0 Å². The summed E-state index contributed by atoms with van der Waals surface area (Å²) in [4.78, 5) is 24.4. The van der Waals surface area contributed by atoms with Crippen molar-refractivity contribution in [3.8, 4) is 17.2 Å². The van der Waals surface area contributed by atoms with E-state index in [1.165, 1.54) is 7.11 Å². The van der Waals surface area contributed by atoms with Crippen LogP contribution in [0.4, 0.5) is 0 Å². The van der Waals surface area contributed by atoms with E-state index in [9.17, 15) is 4.79 Å². The number of methoxy groups -OCH3 is 3. The minimum Gasteiger partial charge on any atom is -0.497 e. The number of aromatic nitrogens is 3. The summed E-state index contributed by atoms with van der Waals surface area (Å²) >= 11 is 2.41. The highest BCUT2D eigenvalue weighted by Gasteiger charge is 2.10. The number of thiol groups is 1. The average Bonchev–Trinajstić information content (AvgIpc) is 3.13. The Morgan fingerprint density at radius 3 is 2.54 bits per heavy atom.